The van der Waals surface area contributed by atoms with Crippen LogP contribution >= 0.6 is 11.8 Å². The third kappa shape index (κ3) is 2.10. The zero-order chi connectivity index (χ0) is 14.3. The number of carboxylic acid groups (broad SMARTS) is 1. The van der Waals surface area contributed by atoms with Gasteiger partial charge in [-0.1, -0.05) is 6.07 Å². The van der Waals surface area contributed by atoms with E-state index >= 15 is 0 Å². The molecular formula is C15H18N2O2S. The van der Waals surface area contributed by atoms with Crippen LogP contribution in [0.25, 0.3) is 11.0 Å². The van der Waals surface area contributed by atoms with Gasteiger partial charge < -0.3 is 9.67 Å². The van der Waals surface area contributed by atoms with Gasteiger partial charge in [-0.05, 0) is 44.6 Å². The topological polar surface area (TPSA) is 55.1 Å². The highest BCUT2D eigenvalue weighted by Gasteiger charge is 2.28. The minimum Gasteiger partial charge on any atom is -0.478 e. The Morgan fingerprint density at radius 2 is 2.25 bits per heavy atom. The minimum atomic E-state index is -0.879. The van der Waals surface area contributed by atoms with Gasteiger partial charge in [0.25, 0.3) is 0 Å². The van der Waals surface area contributed by atoms with Crippen molar-refractivity contribution in [3.8, 4) is 0 Å². The third-order valence-electron chi connectivity index (χ3n) is 4.17. The van der Waals surface area contributed by atoms with Crippen LogP contribution in [0.3, 0.4) is 0 Å². The number of thioether (sulfide) groups is 1. The van der Waals surface area contributed by atoms with Crippen molar-refractivity contribution < 1.29 is 9.90 Å². The van der Waals surface area contributed by atoms with E-state index in [-0.39, 0.29) is 0 Å². The summed E-state index contributed by atoms with van der Waals surface area (Å²) in [4.78, 5) is 16.0. The number of nitrogens with zero attached hydrogens (tertiary/aromatic N) is 2. The van der Waals surface area contributed by atoms with Crippen LogP contribution in [0.5, 0.6) is 0 Å². The normalized spacial score (nSPS) is 22.5. The van der Waals surface area contributed by atoms with Crippen LogP contribution in [0.15, 0.2) is 18.2 Å². The van der Waals surface area contributed by atoms with E-state index in [9.17, 15) is 9.90 Å². The summed E-state index contributed by atoms with van der Waals surface area (Å²) in [6.45, 7) is 1.97. The van der Waals surface area contributed by atoms with Crippen molar-refractivity contribution in [1.29, 1.82) is 0 Å². The number of rotatable bonds is 3. The van der Waals surface area contributed by atoms with E-state index in [2.05, 4.69) is 15.8 Å². The lowest BCUT2D eigenvalue weighted by Gasteiger charge is -2.16. The minimum absolute atomic E-state index is 0.357. The number of fused-ring (bicyclic) bond motifs is 1. The van der Waals surface area contributed by atoms with Crippen molar-refractivity contribution in [3.05, 3.63) is 29.6 Å². The molecule has 1 N–H and O–H groups in total. The number of aromatic nitrogens is 2. The van der Waals surface area contributed by atoms with Crippen LogP contribution < -0.4 is 0 Å². The molecule has 2 atom stereocenters. The van der Waals surface area contributed by atoms with Crippen LogP contribution in [-0.2, 0) is 0 Å². The summed E-state index contributed by atoms with van der Waals surface area (Å²) < 4.78 is 2.15. The largest absolute Gasteiger partial charge is 0.478 e. The lowest BCUT2D eigenvalue weighted by molar-refractivity contribution is 0.0698. The maximum atomic E-state index is 11.5. The monoisotopic (exact) mass is 290 g/mol. The van der Waals surface area contributed by atoms with Gasteiger partial charge in [-0.3, -0.25) is 0 Å². The molecule has 1 aliphatic rings. The van der Waals surface area contributed by atoms with Gasteiger partial charge in [0.1, 0.15) is 5.82 Å². The Kier molecular flexibility index (Phi) is 3.46. The maximum Gasteiger partial charge on any atom is 0.337 e. The first-order valence-corrected chi connectivity index (χ1v) is 8.14. The van der Waals surface area contributed by atoms with E-state index in [0.29, 0.717) is 16.9 Å². The van der Waals surface area contributed by atoms with Gasteiger partial charge >= 0.3 is 5.97 Å². The Morgan fingerprint density at radius 1 is 1.45 bits per heavy atom. The quantitative estimate of drug-likeness (QED) is 0.940. The van der Waals surface area contributed by atoms with Gasteiger partial charge in [-0.15, -0.1) is 0 Å². The predicted octanol–water partition coefficient (Wildman–Crippen LogP) is 3.50. The van der Waals surface area contributed by atoms with Crippen molar-refractivity contribution in [2.45, 2.75) is 37.5 Å². The van der Waals surface area contributed by atoms with Gasteiger partial charge in [-0.25, -0.2) is 9.78 Å². The molecule has 3 rings (SSSR count). The van der Waals surface area contributed by atoms with Crippen LogP contribution in [-0.4, -0.2) is 32.1 Å². The summed E-state index contributed by atoms with van der Waals surface area (Å²) >= 11 is 1.91. The number of hydrogen-bond donors (Lipinski definition) is 1. The standard InChI is InChI=1S/C15H18N2O2S/c1-9-16-13-5-3-4-12(15(18)19)14(13)17(9)10-6-7-11(8-10)20-2/h3-5,10-11H,6-8H2,1-2H3,(H,18,19). The molecule has 0 spiro atoms. The fourth-order valence-electron chi connectivity index (χ4n) is 3.25. The van der Waals surface area contributed by atoms with Gasteiger partial charge in [0.15, 0.2) is 0 Å². The highest BCUT2D eigenvalue weighted by Crippen LogP contribution is 2.39. The molecule has 5 heteroatoms. The van der Waals surface area contributed by atoms with Crippen LogP contribution in [0, 0.1) is 6.92 Å². The summed E-state index contributed by atoms with van der Waals surface area (Å²) in [6.07, 6.45) is 5.54. The molecule has 1 aromatic heterocycles. The number of benzene rings is 1. The number of imidazole rings is 1. The molecule has 106 valence electrons. The maximum absolute atomic E-state index is 11.5. The number of carboxylic acids is 1. The zero-order valence-electron chi connectivity index (χ0n) is 11.7. The molecule has 4 nitrogen and oxygen atoms in total. The van der Waals surface area contributed by atoms with Gasteiger partial charge in [0, 0.05) is 11.3 Å². The Morgan fingerprint density at radius 3 is 2.90 bits per heavy atom. The van der Waals surface area contributed by atoms with E-state index < -0.39 is 5.97 Å². The average Bonchev–Trinajstić information content (AvgIpc) is 3.00. The lowest BCUT2D eigenvalue weighted by Crippen LogP contribution is -2.10. The van der Waals surface area contributed by atoms with Gasteiger partial charge in [-0.2, -0.15) is 11.8 Å². The zero-order valence-corrected chi connectivity index (χ0v) is 12.5. The van der Waals surface area contributed by atoms with E-state index in [4.69, 9.17) is 0 Å². The second-order valence-corrected chi connectivity index (χ2v) is 6.47. The second-order valence-electron chi connectivity index (χ2n) is 5.33. The van der Waals surface area contributed by atoms with E-state index in [1.807, 2.05) is 24.8 Å². The Hall–Kier alpha value is -1.49. The summed E-state index contributed by atoms with van der Waals surface area (Å²) in [5.74, 6) is 0.0385. The Bertz CT molecular complexity index is 665. The molecule has 0 bridgehead atoms. The fourth-order valence-corrected chi connectivity index (χ4v) is 4.04. The van der Waals surface area contributed by atoms with Gasteiger partial charge in [0.2, 0.25) is 0 Å². The number of aryl methyl sites for hydroxylation is 1. The second kappa shape index (κ2) is 5.13. The first-order chi connectivity index (χ1) is 9.61. The third-order valence-corrected chi connectivity index (χ3v) is 5.27. The van der Waals surface area contributed by atoms with E-state index in [1.54, 1.807) is 12.1 Å². The van der Waals surface area contributed by atoms with Crippen molar-refractivity contribution in [1.82, 2.24) is 9.55 Å². The molecule has 0 aliphatic heterocycles. The molecule has 0 saturated heterocycles. The highest BCUT2D eigenvalue weighted by atomic mass is 32.2. The summed E-state index contributed by atoms with van der Waals surface area (Å²) in [6, 6.07) is 5.70. The number of aromatic carboxylic acids is 1. The number of para-hydroxylation sites is 1. The Balaban J connectivity index is 2.15. The molecular weight excluding hydrogens is 272 g/mol. The lowest BCUT2D eigenvalue weighted by atomic mass is 10.1. The summed E-state index contributed by atoms with van der Waals surface area (Å²) in [5.41, 5.74) is 1.93. The van der Waals surface area contributed by atoms with Gasteiger partial charge in [0.05, 0.1) is 16.6 Å². The summed E-state index contributed by atoms with van der Waals surface area (Å²) in [7, 11) is 0. The molecule has 1 fully saturated rings. The molecule has 2 unspecified atom stereocenters. The van der Waals surface area contributed by atoms with Crippen molar-refractivity contribution >= 4 is 28.8 Å². The van der Waals surface area contributed by atoms with Crippen molar-refractivity contribution in [3.63, 3.8) is 0 Å². The van der Waals surface area contributed by atoms with Crippen LogP contribution in [0.2, 0.25) is 0 Å². The molecule has 1 aromatic carbocycles. The van der Waals surface area contributed by atoms with Crippen LogP contribution in [0.1, 0.15) is 41.5 Å². The van der Waals surface area contributed by atoms with E-state index in [0.717, 1.165) is 29.7 Å². The molecule has 0 amide bonds. The average molecular weight is 290 g/mol. The van der Waals surface area contributed by atoms with Crippen molar-refractivity contribution in [2.24, 2.45) is 0 Å². The molecule has 20 heavy (non-hydrogen) atoms. The molecule has 1 saturated carbocycles. The highest BCUT2D eigenvalue weighted by molar-refractivity contribution is 7.99. The SMILES string of the molecule is CSC1CCC(n2c(C)nc3cccc(C(=O)O)c32)C1. The number of hydrogen-bond acceptors (Lipinski definition) is 3. The molecule has 1 heterocycles. The van der Waals surface area contributed by atoms with Crippen LogP contribution in [0.4, 0.5) is 0 Å². The predicted molar refractivity (Wildman–Crippen MR) is 81.6 cm³/mol. The molecule has 0 radical (unpaired) electrons. The smallest absolute Gasteiger partial charge is 0.337 e. The molecule has 1 aliphatic carbocycles. The summed E-state index contributed by atoms with van der Waals surface area (Å²) in [5, 5.41) is 10.1. The Labute approximate surface area is 122 Å². The first-order valence-electron chi connectivity index (χ1n) is 6.85. The number of carbonyl (C=O) groups is 1. The van der Waals surface area contributed by atoms with Crippen molar-refractivity contribution in [2.75, 3.05) is 6.26 Å². The van der Waals surface area contributed by atoms with E-state index in [1.165, 1.54) is 6.42 Å². The first kappa shape index (κ1) is 13.5. The fraction of sp³-hybridized carbons (Fsp3) is 0.467. The molecule has 2 aromatic rings.